The number of hydrogen-bond acceptors (Lipinski definition) is 3. The molecule has 1 aliphatic rings. The zero-order valence-corrected chi connectivity index (χ0v) is 19.2. The van der Waals surface area contributed by atoms with Crippen molar-refractivity contribution in [3.8, 4) is 0 Å². The van der Waals surface area contributed by atoms with Crippen molar-refractivity contribution in [3.63, 3.8) is 0 Å². The van der Waals surface area contributed by atoms with Crippen LogP contribution in [0.15, 0.2) is 77.8 Å². The Bertz CT molecular complexity index is 1160. The lowest BCUT2D eigenvalue weighted by Gasteiger charge is -2.36. The summed E-state index contributed by atoms with van der Waals surface area (Å²) in [5, 5.41) is 3.47. The van der Waals surface area contributed by atoms with Crippen molar-refractivity contribution in [3.05, 3.63) is 100 Å². The Hall–Kier alpha value is -3.22. The van der Waals surface area contributed by atoms with Crippen LogP contribution in [0.25, 0.3) is 0 Å². The van der Waals surface area contributed by atoms with Crippen LogP contribution in [0.3, 0.4) is 0 Å². The SMILES string of the molecule is Cc1cccc(N=C(NC(=O)c2cccc(Cl)c2)N2CCN(Cc3ccccc3F)CC2)c1. The van der Waals surface area contributed by atoms with Gasteiger partial charge in [-0.05, 0) is 48.9 Å². The van der Waals surface area contributed by atoms with E-state index in [-0.39, 0.29) is 11.7 Å². The number of rotatable bonds is 4. The highest BCUT2D eigenvalue weighted by Gasteiger charge is 2.22. The molecule has 1 amide bonds. The van der Waals surface area contributed by atoms with E-state index in [0.29, 0.717) is 41.7 Å². The second-order valence-corrected chi connectivity index (χ2v) is 8.53. The van der Waals surface area contributed by atoms with Crippen molar-refractivity contribution < 1.29 is 9.18 Å². The minimum Gasteiger partial charge on any atom is -0.340 e. The van der Waals surface area contributed by atoms with Gasteiger partial charge in [0.25, 0.3) is 5.91 Å². The first kappa shape index (κ1) is 23.0. The first-order valence-electron chi connectivity index (χ1n) is 10.9. The maximum Gasteiger partial charge on any atom is 0.258 e. The number of aliphatic imine (C=N–C) groups is 1. The smallest absolute Gasteiger partial charge is 0.258 e. The molecule has 0 atom stereocenters. The van der Waals surface area contributed by atoms with Gasteiger partial charge in [0.2, 0.25) is 5.96 Å². The molecule has 5 nitrogen and oxygen atoms in total. The molecule has 0 aromatic heterocycles. The van der Waals surface area contributed by atoms with E-state index >= 15 is 0 Å². The third-order valence-electron chi connectivity index (χ3n) is 5.57. The minimum atomic E-state index is -0.266. The number of nitrogens with one attached hydrogen (secondary N) is 1. The number of amides is 1. The van der Waals surface area contributed by atoms with Gasteiger partial charge < -0.3 is 4.90 Å². The molecule has 0 saturated carbocycles. The van der Waals surface area contributed by atoms with Gasteiger partial charge in [-0.25, -0.2) is 9.38 Å². The molecule has 170 valence electrons. The zero-order chi connectivity index (χ0) is 23.2. The molecule has 7 heteroatoms. The van der Waals surface area contributed by atoms with Gasteiger partial charge in [0, 0.05) is 48.9 Å². The molecule has 3 aromatic carbocycles. The summed E-state index contributed by atoms with van der Waals surface area (Å²) in [6.45, 7) is 5.34. The number of halogens is 2. The summed E-state index contributed by atoms with van der Waals surface area (Å²) < 4.78 is 14.0. The van der Waals surface area contributed by atoms with Gasteiger partial charge in [-0.15, -0.1) is 0 Å². The Morgan fingerprint density at radius 1 is 1.00 bits per heavy atom. The number of nitrogens with zero attached hydrogens (tertiary/aromatic N) is 3. The highest BCUT2D eigenvalue weighted by atomic mass is 35.5. The van der Waals surface area contributed by atoms with Gasteiger partial charge in [-0.1, -0.05) is 48.0 Å². The van der Waals surface area contributed by atoms with Crippen molar-refractivity contribution in [2.45, 2.75) is 13.5 Å². The molecular weight excluding hydrogens is 439 g/mol. The molecule has 33 heavy (non-hydrogen) atoms. The van der Waals surface area contributed by atoms with Crippen LogP contribution in [0, 0.1) is 12.7 Å². The van der Waals surface area contributed by atoms with Crippen molar-refractivity contribution >= 4 is 29.2 Å². The van der Waals surface area contributed by atoms with Crippen molar-refractivity contribution in [1.82, 2.24) is 15.1 Å². The fourth-order valence-corrected chi connectivity index (χ4v) is 3.98. The Kier molecular flexibility index (Phi) is 7.37. The van der Waals surface area contributed by atoms with E-state index < -0.39 is 0 Å². The fourth-order valence-electron chi connectivity index (χ4n) is 3.79. The van der Waals surface area contributed by atoms with Crippen LogP contribution in [0.4, 0.5) is 10.1 Å². The molecular formula is C26H26ClFN4O. The Morgan fingerprint density at radius 2 is 1.76 bits per heavy atom. The van der Waals surface area contributed by atoms with Gasteiger partial charge in [-0.2, -0.15) is 0 Å². The average molecular weight is 465 g/mol. The average Bonchev–Trinajstić information content (AvgIpc) is 2.81. The highest BCUT2D eigenvalue weighted by Crippen LogP contribution is 2.17. The molecule has 0 aliphatic carbocycles. The Labute approximate surface area is 198 Å². The molecule has 3 aromatic rings. The summed E-state index contributed by atoms with van der Waals surface area (Å²) in [4.78, 5) is 21.9. The molecule has 1 heterocycles. The monoisotopic (exact) mass is 464 g/mol. The number of piperazine rings is 1. The van der Waals surface area contributed by atoms with Crippen LogP contribution >= 0.6 is 11.6 Å². The highest BCUT2D eigenvalue weighted by molar-refractivity contribution is 6.31. The van der Waals surface area contributed by atoms with Gasteiger partial charge in [0.15, 0.2) is 0 Å². The van der Waals surface area contributed by atoms with E-state index in [0.717, 1.165) is 24.3 Å². The number of benzene rings is 3. The normalized spacial score (nSPS) is 14.9. The lowest BCUT2D eigenvalue weighted by atomic mass is 10.2. The first-order chi connectivity index (χ1) is 16.0. The molecule has 0 unspecified atom stereocenters. The number of guanidine groups is 1. The van der Waals surface area contributed by atoms with Gasteiger partial charge in [-0.3, -0.25) is 15.0 Å². The van der Waals surface area contributed by atoms with Gasteiger partial charge >= 0.3 is 0 Å². The lowest BCUT2D eigenvalue weighted by molar-refractivity contribution is 0.0967. The third-order valence-corrected chi connectivity index (χ3v) is 5.81. The molecule has 1 aliphatic heterocycles. The molecule has 4 rings (SSSR count). The number of aryl methyl sites for hydroxylation is 1. The summed E-state index contributed by atoms with van der Waals surface area (Å²) >= 11 is 6.06. The van der Waals surface area contributed by atoms with E-state index in [2.05, 4.69) is 15.1 Å². The third kappa shape index (κ3) is 6.18. The molecule has 1 fully saturated rings. The van der Waals surface area contributed by atoms with Gasteiger partial charge in [0.05, 0.1) is 5.69 Å². The summed E-state index contributed by atoms with van der Waals surface area (Å²) in [6.07, 6.45) is 0. The van der Waals surface area contributed by atoms with Crippen LogP contribution in [0.1, 0.15) is 21.5 Å². The number of hydrogen-bond donors (Lipinski definition) is 1. The van der Waals surface area contributed by atoms with Crippen molar-refractivity contribution in [2.24, 2.45) is 4.99 Å². The minimum absolute atomic E-state index is 0.185. The maximum absolute atomic E-state index is 14.0. The van der Waals surface area contributed by atoms with E-state index in [1.165, 1.54) is 6.07 Å². The summed E-state index contributed by atoms with van der Waals surface area (Å²) in [6, 6.07) is 21.5. The summed E-state index contributed by atoms with van der Waals surface area (Å²) in [5.74, 6) is 0.0456. The molecule has 1 N–H and O–H groups in total. The standard InChI is InChI=1S/C26H26ClFN4O/c1-19-6-4-10-23(16-19)29-26(30-25(33)20-8-5-9-22(27)17-20)32-14-12-31(13-15-32)18-21-7-2-3-11-24(21)28/h2-11,16-17H,12-15,18H2,1H3,(H,29,30,33). The molecule has 0 bridgehead atoms. The topological polar surface area (TPSA) is 47.9 Å². The Balaban J connectivity index is 1.50. The van der Waals surface area contributed by atoms with E-state index in [1.54, 1.807) is 30.3 Å². The van der Waals surface area contributed by atoms with E-state index in [4.69, 9.17) is 16.6 Å². The zero-order valence-electron chi connectivity index (χ0n) is 18.5. The molecule has 0 spiro atoms. The van der Waals surface area contributed by atoms with E-state index in [9.17, 15) is 9.18 Å². The second-order valence-electron chi connectivity index (χ2n) is 8.09. The quantitative estimate of drug-likeness (QED) is 0.435. The Morgan fingerprint density at radius 3 is 2.48 bits per heavy atom. The van der Waals surface area contributed by atoms with Crippen LogP contribution in [-0.2, 0) is 6.54 Å². The predicted octanol–water partition coefficient (Wildman–Crippen LogP) is 5.02. The number of carbonyl (C=O) groups excluding carboxylic acids is 1. The van der Waals surface area contributed by atoms with Crippen LogP contribution in [0.5, 0.6) is 0 Å². The summed E-state index contributed by atoms with van der Waals surface area (Å²) in [5.41, 5.74) is 3.02. The first-order valence-corrected chi connectivity index (χ1v) is 11.3. The second kappa shape index (κ2) is 10.6. The number of carbonyl (C=O) groups is 1. The fraction of sp³-hybridized carbons (Fsp3) is 0.231. The van der Waals surface area contributed by atoms with E-state index in [1.807, 2.05) is 43.3 Å². The summed E-state index contributed by atoms with van der Waals surface area (Å²) in [7, 11) is 0. The molecule has 0 radical (unpaired) electrons. The van der Waals surface area contributed by atoms with Crippen molar-refractivity contribution in [1.29, 1.82) is 0 Å². The van der Waals surface area contributed by atoms with Crippen LogP contribution < -0.4 is 5.32 Å². The van der Waals surface area contributed by atoms with Gasteiger partial charge in [0.1, 0.15) is 5.82 Å². The van der Waals surface area contributed by atoms with Crippen molar-refractivity contribution in [2.75, 3.05) is 26.2 Å². The van der Waals surface area contributed by atoms with Crippen LogP contribution in [-0.4, -0.2) is 47.8 Å². The molecule has 1 saturated heterocycles. The van der Waals surface area contributed by atoms with Crippen LogP contribution in [0.2, 0.25) is 5.02 Å². The lowest BCUT2D eigenvalue weighted by Crippen LogP contribution is -2.53. The predicted molar refractivity (Wildman–Crippen MR) is 130 cm³/mol. The largest absolute Gasteiger partial charge is 0.340 e. The maximum atomic E-state index is 14.0.